The van der Waals surface area contributed by atoms with E-state index < -0.39 is 23.6 Å². The van der Waals surface area contributed by atoms with Crippen LogP contribution in [0.2, 0.25) is 0 Å². The minimum atomic E-state index is -1.06. The topological polar surface area (TPSA) is 94.8 Å². The maximum absolute atomic E-state index is 12.4. The number of carbonyl (C=O) groups is 3. The monoisotopic (exact) mass is 347 g/mol. The molecular weight excluding hydrogens is 326 g/mol. The second-order valence-corrected chi connectivity index (χ2v) is 6.58. The Balaban J connectivity index is 2.19. The van der Waals surface area contributed by atoms with E-state index in [0.29, 0.717) is 11.1 Å². The molecule has 0 aliphatic heterocycles. The molecule has 0 amide bonds. The first-order valence-electron chi connectivity index (χ1n) is 7.87. The van der Waals surface area contributed by atoms with Crippen LogP contribution >= 0.6 is 0 Å². The van der Waals surface area contributed by atoms with Crippen molar-refractivity contribution >= 4 is 28.9 Å². The van der Waals surface area contributed by atoms with Crippen LogP contribution in [0.4, 0.5) is 4.79 Å². The Morgan fingerprint density at radius 3 is 2.44 bits per heavy atom. The van der Waals surface area contributed by atoms with Crippen LogP contribution in [0.1, 0.15) is 39.2 Å². The summed E-state index contributed by atoms with van der Waals surface area (Å²) < 4.78 is 11.9. The van der Waals surface area contributed by atoms with E-state index in [-0.39, 0.29) is 19.4 Å². The summed E-state index contributed by atoms with van der Waals surface area (Å²) in [5, 5.41) is 9.35. The minimum Gasteiger partial charge on any atom is -0.481 e. The summed E-state index contributed by atoms with van der Waals surface area (Å²) in [5.74, 6) is -1.66. The third-order valence-corrected chi connectivity index (χ3v) is 3.32. The number of rotatable bonds is 5. The first kappa shape index (κ1) is 18.5. The Bertz CT molecular complexity index is 799. The lowest BCUT2D eigenvalue weighted by atomic mass is 10.2. The Kier molecular flexibility index (Phi) is 5.46. The molecule has 7 heteroatoms. The zero-order valence-electron chi connectivity index (χ0n) is 14.4. The second-order valence-electron chi connectivity index (χ2n) is 6.58. The van der Waals surface area contributed by atoms with Crippen LogP contribution < -0.4 is 0 Å². The third kappa shape index (κ3) is 5.07. The highest BCUT2D eigenvalue weighted by atomic mass is 16.6. The summed E-state index contributed by atoms with van der Waals surface area (Å²) in [4.78, 5) is 34.5. The Morgan fingerprint density at radius 2 is 1.80 bits per heavy atom. The Labute approximate surface area is 145 Å². The first-order chi connectivity index (χ1) is 11.7. The van der Waals surface area contributed by atoms with E-state index >= 15 is 0 Å². The van der Waals surface area contributed by atoms with Crippen LogP contribution in [0.5, 0.6) is 0 Å². The first-order valence-corrected chi connectivity index (χ1v) is 7.87. The van der Waals surface area contributed by atoms with E-state index in [1.165, 1.54) is 4.57 Å². The van der Waals surface area contributed by atoms with Gasteiger partial charge in [-0.2, -0.15) is 0 Å². The number of benzene rings is 1. The average molecular weight is 347 g/mol. The molecular formula is C18H21NO6. The number of aromatic nitrogens is 1. The molecule has 2 rings (SSSR count). The van der Waals surface area contributed by atoms with Gasteiger partial charge < -0.3 is 14.6 Å². The minimum absolute atomic E-state index is 0.0469. The summed E-state index contributed by atoms with van der Waals surface area (Å²) in [6.45, 7) is 5.29. The number of para-hydroxylation sites is 1. The van der Waals surface area contributed by atoms with Crippen molar-refractivity contribution in [3.63, 3.8) is 0 Å². The molecule has 0 fully saturated rings. The van der Waals surface area contributed by atoms with Crippen molar-refractivity contribution < 1.29 is 29.0 Å². The van der Waals surface area contributed by atoms with Gasteiger partial charge in [-0.1, -0.05) is 18.2 Å². The van der Waals surface area contributed by atoms with Gasteiger partial charge in [-0.3, -0.25) is 14.2 Å². The SMILES string of the molecule is CC(C)(C)OC(=O)n1cc(COC(=O)CCC(=O)O)c2ccccc21. The molecule has 0 saturated carbocycles. The van der Waals surface area contributed by atoms with Gasteiger partial charge in [0.2, 0.25) is 0 Å². The molecule has 1 N–H and O–H groups in total. The van der Waals surface area contributed by atoms with Crippen LogP contribution in [0.15, 0.2) is 30.5 Å². The standard InChI is InChI=1S/C18H21NO6/c1-18(2,3)25-17(23)19-10-12(13-6-4-5-7-14(13)19)11-24-16(22)9-8-15(20)21/h4-7,10H,8-9,11H2,1-3H3,(H,20,21). The molecule has 2 aromatic rings. The van der Waals surface area contributed by atoms with Crippen molar-refractivity contribution in [1.82, 2.24) is 4.57 Å². The number of fused-ring (bicyclic) bond motifs is 1. The lowest BCUT2D eigenvalue weighted by Gasteiger charge is -2.19. The van der Waals surface area contributed by atoms with Crippen LogP contribution in [0, 0.1) is 0 Å². The van der Waals surface area contributed by atoms with E-state index in [9.17, 15) is 14.4 Å². The zero-order chi connectivity index (χ0) is 18.6. The van der Waals surface area contributed by atoms with E-state index in [2.05, 4.69) is 0 Å². The fourth-order valence-electron chi connectivity index (χ4n) is 2.27. The molecule has 7 nitrogen and oxygen atoms in total. The highest BCUT2D eigenvalue weighted by molar-refractivity contribution is 5.92. The van der Waals surface area contributed by atoms with E-state index in [1.54, 1.807) is 39.1 Å². The maximum Gasteiger partial charge on any atom is 0.419 e. The van der Waals surface area contributed by atoms with Crippen molar-refractivity contribution in [1.29, 1.82) is 0 Å². The predicted molar refractivity (Wildman–Crippen MR) is 90.2 cm³/mol. The molecule has 25 heavy (non-hydrogen) atoms. The summed E-state index contributed by atoms with van der Waals surface area (Å²) in [6.07, 6.45) is 0.578. The molecule has 0 aliphatic carbocycles. The van der Waals surface area contributed by atoms with Gasteiger partial charge in [0.25, 0.3) is 0 Å². The Hall–Kier alpha value is -2.83. The highest BCUT2D eigenvalue weighted by Crippen LogP contribution is 2.23. The van der Waals surface area contributed by atoms with Crippen molar-refractivity contribution in [2.45, 2.75) is 45.8 Å². The van der Waals surface area contributed by atoms with Gasteiger partial charge in [0.15, 0.2) is 0 Å². The third-order valence-electron chi connectivity index (χ3n) is 3.32. The number of nitrogens with zero attached hydrogens (tertiary/aromatic N) is 1. The smallest absolute Gasteiger partial charge is 0.419 e. The molecule has 0 bridgehead atoms. The normalized spacial score (nSPS) is 11.3. The van der Waals surface area contributed by atoms with Crippen LogP contribution in [0.3, 0.4) is 0 Å². The summed E-state index contributed by atoms with van der Waals surface area (Å²) in [6, 6.07) is 7.20. The zero-order valence-corrected chi connectivity index (χ0v) is 14.4. The molecule has 1 aromatic heterocycles. The van der Waals surface area contributed by atoms with Gasteiger partial charge in [0, 0.05) is 17.1 Å². The number of esters is 1. The predicted octanol–water partition coefficient (Wildman–Crippen LogP) is 3.33. The summed E-state index contributed by atoms with van der Waals surface area (Å²) >= 11 is 0. The van der Waals surface area contributed by atoms with Crippen LogP contribution in [0.25, 0.3) is 10.9 Å². The van der Waals surface area contributed by atoms with Gasteiger partial charge in [-0.25, -0.2) is 4.79 Å². The molecule has 0 unspecified atom stereocenters. The van der Waals surface area contributed by atoms with Gasteiger partial charge in [-0.15, -0.1) is 0 Å². The molecule has 0 aliphatic rings. The van der Waals surface area contributed by atoms with Crippen LogP contribution in [-0.2, 0) is 25.7 Å². The lowest BCUT2D eigenvalue weighted by Crippen LogP contribution is -2.26. The van der Waals surface area contributed by atoms with Gasteiger partial charge in [-0.05, 0) is 26.8 Å². The number of hydrogen-bond acceptors (Lipinski definition) is 5. The molecule has 0 saturated heterocycles. The maximum atomic E-state index is 12.4. The van der Waals surface area contributed by atoms with Crippen molar-refractivity contribution in [3.8, 4) is 0 Å². The van der Waals surface area contributed by atoms with E-state index in [0.717, 1.165) is 5.39 Å². The fourth-order valence-corrected chi connectivity index (χ4v) is 2.27. The fraction of sp³-hybridized carbons (Fsp3) is 0.389. The lowest BCUT2D eigenvalue weighted by molar-refractivity contribution is -0.148. The van der Waals surface area contributed by atoms with Crippen molar-refractivity contribution in [3.05, 3.63) is 36.0 Å². The average Bonchev–Trinajstić information content (AvgIpc) is 2.88. The number of carboxylic acids is 1. The van der Waals surface area contributed by atoms with Gasteiger partial charge in [0.1, 0.15) is 12.2 Å². The largest absolute Gasteiger partial charge is 0.481 e. The summed E-state index contributed by atoms with van der Waals surface area (Å²) in [7, 11) is 0. The second kappa shape index (κ2) is 7.38. The highest BCUT2D eigenvalue weighted by Gasteiger charge is 2.21. The van der Waals surface area contributed by atoms with Gasteiger partial charge >= 0.3 is 18.0 Å². The number of carbonyl (C=O) groups excluding carboxylic acids is 2. The molecule has 1 heterocycles. The van der Waals surface area contributed by atoms with Gasteiger partial charge in [0.05, 0.1) is 18.4 Å². The summed E-state index contributed by atoms with van der Waals surface area (Å²) in [5.41, 5.74) is 0.657. The molecule has 134 valence electrons. The Morgan fingerprint density at radius 1 is 1.12 bits per heavy atom. The number of hydrogen-bond donors (Lipinski definition) is 1. The molecule has 1 aromatic carbocycles. The number of aliphatic carboxylic acids is 1. The van der Waals surface area contributed by atoms with Crippen molar-refractivity contribution in [2.24, 2.45) is 0 Å². The number of ether oxygens (including phenoxy) is 2. The quantitative estimate of drug-likeness (QED) is 0.834. The van der Waals surface area contributed by atoms with Crippen molar-refractivity contribution in [2.75, 3.05) is 0 Å². The molecule has 0 spiro atoms. The molecule has 0 atom stereocenters. The van der Waals surface area contributed by atoms with Crippen LogP contribution in [-0.4, -0.2) is 33.3 Å². The number of carboxylic acid groups (broad SMARTS) is 1. The van der Waals surface area contributed by atoms with E-state index in [4.69, 9.17) is 14.6 Å². The molecule has 0 radical (unpaired) electrons. The van der Waals surface area contributed by atoms with E-state index in [1.807, 2.05) is 12.1 Å².